The first-order chi connectivity index (χ1) is 7.82. The predicted octanol–water partition coefficient (Wildman–Crippen LogP) is 2.89. The monoisotopic (exact) mass is 231 g/mol. The fourth-order valence-corrected chi connectivity index (χ4v) is 2.24. The van der Waals surface area contributed by atoms with E-state index in [0.29, 0.717) is 0 Å². The lowest BCUT2D eigenvalue weighted by molar-refractivity contribution is 0.557. The molecule has 2 N–H and O–H groups in total. The molecule has 3 heteroatoms. The van der Waals surface area contributed by atoms with Gasteiger partial charge in [-0.1, -0.05) is 32.9 Å². The van der Waals surface area contributed by atoms with Crippen LogP contribution in [0.2, 0.25) is 0 Å². The van der Waals surface area contributed by atoms with E-state index in [1.807, 2.05) is 18.7 Å². The van der Waals surface area contributed by atoms with E-state index in [1.54, 1.807) is 0 Å². The lowest BCUT2D eigenvalue weighted by Crippen LogP contribution is -2.14. The van der Waals surface area contributed by atoms with Crippen LogP contribution in [0.4, 0.5) is 0 Å². The average Bonchev–Trinajstić information content (AvgIpc) is 2.56. The minimum atomic E-state index is 0.0315. The van der Waals surface area contributed by atoms with Crippen molar-refractivity contribution in [3.63, 3.8) is 0 Å². The summed E-state index contributed by atoms with van der Waals surface area (Å²) in [6.07, 6.45) is 0. The Kier molecular flexibility index (Phi) is 2.74. The van der Waals surface area contributed by atoms with E-state index in [-0.39, 0.29) is 11.5 Å². The summed E-state index contributed by atoms with van der Waals surface area (Å²) in [5.74, 6) is 0. The number of benzene rings is 1. The molecule has 0 saturated carbocycles. The molecule has 2 aromatic rings. The highest BCUT2D eigenvalue weighted by atomic mass is 15.3. The van der Waals surface area contributed by atoms with Gasteiger partial charge in [-0.3, -0.25) is 4.68 Å². The molecule has 0 aliphatic rings. The molecule has 0 spiro atoms. The molecule has 0 aliphatic heterocycles. The standard InChI is InChI=1S/C14H21N3/c1-9(15)10-7-6-8-11-12(10)13(14(2,3)4)16-17(11)5/h6-9H,15H2,1-5H3. The Morgan fingerprint density at radius 1 is 1.29 bits per heavy atom. The third kappa shape index (κ3) is 1.95. The summed E-state index contributed by atoms with van der Waals surface area (Å²) in [5.41, 5.74) is 9.56. The zero-order valence-corrected chi connectivity index (χ0v) is 11.3. The molecule has 1 heterocycles. The second kappa shape index (κ2) is 3.84. The Balaban J connectivity index is 2.86. The molecule has 1 aromatic carbocycles. The van der Waals surface area contributed by atoms with E-state index in [9.17, 15) is 0 Å². The van der Waals surface area contributed by atoms with Crippen molar-refractivity contribution in [1.29, 1.82) is 0 Å². The van der Waals surface area contributed by atoms with Gasteiger partial charge < -0.3 is 5.73 Å². The smallest absolute Gasteiger partial charge is 0.0759 e. The Morgan fingerprint density at radius 3 is 2.47 bits per heavy atom. The summed E-state index contributed by atoms with van der Waals surface area (Å²) in [4.78, 5) is 0. The number of nitrogens with zero attached hydrogens (tertiary/aromatic N) is 2. The van der Waals surface area contributed by atoms with Crippen LogP contribution < -0.4 is 5.73 Å². The van der Waals surface area contributed by atoms with Crippen LogP contribution in [-0.2, 0) is 12.5 Å². The molecule has 1 aromatic heterocycles. The molecule has 0 radical (unpaired) electrons. The zero-order chi connectivity index (χ0) is 12.8. The number of aryl methyl sites for hydroxylation is 1. The Morgan fingerprint density at radius 2 is 1.94 bits per heavy atom. The van der Waals surface area contributed by atoms with Gasteiger partial charge in [-0.15, -0.1) is 0 Å². The number of fused-ring (bicyclic) bond motifs is 1. The van der Waals surface area contributed by atoms with Gasteiger partial charge in [0.25, 0.3) is 0 Å². The Hall–Kier alpha value is -1.35. The molecule has 0 aliphatic carbocycles. The van der Waals surface area contributed by atoms with Crippen LogP contribution >= 0.6 is 0 Å². The van der Waals surface area contributed by atoms with Crippen LogP contribution in [0.1, 0.15) is 45.0 Å². The van der Waals surface area contributed by atoms with Gasteiger partial charge in [0.15, 0.2) is 0 Å². The highest BCUT2D eigenvalue weighted by molar-refractivity contribution is 5.86. The molecule has 0 bridgehead atoms. The van der Waals surface area contributed by atoms with Crippen LogP contribution in [0.25, 0.3) is 10.9 Å². The summed E-state index contributed by atoms with van der Waals surface area (Å²) in [7, 11) is 1.99. The maximum Gasteiger partial charge on any atom is 0.0759 e. The van der Waals surface area contributed by atoms with Gasteiger partial charge in [0.1, 0.15) is 0 Å². The molecular formula is C14H21N3. The fraction of sp³-hybridized carbons (Fsp3) is 0.500. The van der Waals surface area contributed by atoms with Crippen LogP contribution in [0, 0.1) is 0 Å². The fourth-order valence-electron chi connectivity index (χ4n) is 2.24. The van der Waals surface area contributed by atoms with Crippen molar-refractivity contribution >= 4 is 10.9 Å². The van der Waals surface area contributed by atoms with E-state index < -0.39 is 0 Å². The van der Waals surface area contributed by atoms with E-state index >= 15 is 0 Å². The predicted molar refractivity (Wildman–Crippen MR) is 72.0 cm³/mol. The van der Waals surface area contributed by atoms with Crippen molar-refractivity contribution in [2.45, 2.75) is 39.2 Å². The highest BCUT2D eigenvalue weighted by Gasteiger charge is 2.24. The van der Waals surface area contributed by atoms with Gasteiger partial charge >= 0.3 is 0 Å². The third-order valence-corrected chi connectivity index (χ3v) is 3.11. The van der Waals surface area contributed by atoms with Gasteiger partial charge in [0.2, 0.25) is 0 Å². The van der Waals surface area contributed by atoms with Crippen molar-refractivity contribution in [3.05, 3.63) is 29.5 Å². The molecule has 0 amide bonds. The summed E-state index contributed by atoms with van der Waals surface area (Å²) in [6.45, 7) is 8.58. The summed E-state index contributed by atoms with van der Waals surface area (Å²) < 4.78 is 1.95. The number of aromatic nitrogens is 2. The molecule has 0 fully saturated rings. The SMILES string of the molecule is CC(N)c1cccc2c1c(C(C)(C)C)nn2C. The van der Waals surface area contributed by atoms with Crippen LogP contribution in [0.3, 0.4) is 0 Å². The van der Waals surface area contributed by atoms with E-state index in [1.165, 1.54) is 10.9 Å². The largest absolute Gasteiger partial charge is 0.324 e. The van der Waals surface area contributed by atoms with Gasteiger partial charge in [0.05, 0.1) is 11.2 Å². The normalized spacial score (nSPS) is 14.2. The quantitative estimate of drug-likeness (QED) is 0.820. The first-order valence-electron chi connectivity index (χ1n) is 6.04. The van der Waals surface area contributed by atoms with Crippen molar-refractivity contribution in [2.24, 2.45) is 12.8 Å². The van der Waals surface area contributed by atoms with E-state index in [4.69, 9.17) is 5.73 Å². The Bertz CT molecular complexity index is 544. The minimum Gasteiger partial charge on any atom is -0.324 e. The van der Waals surface area contributed by atoms with Crippen molar-refractivity contribution in [1.82, 2.24) is 9.78 Å². The lowest BCUT2D eigenvalue weighted by Gasteiger charge is -2.17. The molecule has 3 nitrogen and oxygen atoms in total. The molecule has 92 valence electrons. The number of nitrogens with two attached hydrogens (primary N) is 1. The highest BCUT2D eigenvalue weighted by Crippen LogP contribution is 2.33. The Labute approximate surface area is 103 Å². The molecule has 0 saturated heterocycles. The van der Waals surface area contributed by atoms with Gasteiger partial charge in [-0.2, -0.15) is 5.10 Å². The average molecular weight is 231 g/mol. The van der Waals surface area contributed by atoms with Gasteiger partial charge in [-0.05, 0) is 18.6 Å². The third-order valence-electron chi connectivity index (χ3n) is 3.11. The van der Waals surface area contributed by atoms with Gasteiger partial charge in [0, 0.05) is 23.9 Å². The first-order valence-corrected chi connectivity index (χ1v) is 6.04. The van der Waals surface area contributed by atoms with E-state index in [0.717, 1.165) is 11.2 Å². The first kappa shape index (κ1) is 12.1. The van der Waals surface area contributed by atoms with Crippen LogP contribution in [0.15, 0.2) is 18.2 Å². The summed E-state index contributed by atoms with van der Waals surface area (Å²) in [5, 5.41) is 5.89. The van der Waals surface area contributed by atoms with Crippen LogP contribution in [0.5, 0.6) is 0 Å². The zero-order valence-electron chi connectivity index (χ0n) is 11.3. The number of hydrogen-bond acceptors (Lipinski definition) is 2. The van der Waals surface area contributed by atoms with Crippen molar-refractivity contribution < 1.29 is 0 Å². The summed E-state index contributed by atoms with van der Waals surface area (Å²) >= 11 is 0. The van der Waals surface area contributed by atoms with Crippen molar-refractivity contribution in [3.8, 4) is 0 Å². The van der Waals surface area contributed by atoms with Crippen LogP contribution in [-0.4, -0.2) is 9.78 Å². The molecule has 1 atom stereocenters. The number of rotatable bonds is 1. The van der Waals surface area contributed by atoms with Gasteiger partial charge in [-0.25, -0.2) is 0 Å². The maximum absolute atomic E-state index is 6.06. The van der Waals surface area contributed by atoms with Crippen molar-refractivity contribution in [2.75, 3.05) is 0 Å². The molecule has 1 unspecified atom stereocenters. The molecule has 2 rings (SSSR count). The maximum atomic E-state index is 6.06. The molecule has 17 heavy (non-hydrogen) atoms. The summed E-state index contributed by atoms with van der Waals surface area (Å²) in [6, 6.07) is 6.28. The molecular weight excluding hydrogens is 210 g/mol. The number of hydrogen-bond donors (Lipinski definition) is 1. The minimum absolute atomic E-state index is 0.0315. The lowest BCUT2D eigenvalue weighted by atomic mass is 9.87. The van der Waals surface area contributed by atoms with E-state index in [2.05, 4.69) is 44.1 Å². The second-order valence-electron chi connectivity index (χ2n) is 5.75. The second-order valence-corrected chi connectivity index (χ2v) is 5.75. The topological polar surface area (TPSA) is 43.8 Å².